The van der Waals surface area contributed by atoms with Crippen LogP contribution < -0.4 is 5.32 Å². The average Bonchev–Trinajstić information content (AvgIpc) is 3.05. The smallest absolute Gasteiger partial charge is 0.232 e. The first-order valence-corrected chi connectivity index (χ1v) is 9.87. The van der Waals surface area contributed by atoms with E-state index in [1.165, 1.54) is 17.4 Å². The van der Waals surface area contributed by atoms with Crippen LogP contribution in [0.25, 0.3) is 32.2 Å². The Balaban J connectivity index is 1.58. The van der Waals surface area contributed by atoms with Gasteiger partial charge >= 0.3 is 0 Å². The van der Waals surface area contributed by atoms with Crippen molar-refractivity contribution in [2.75, 3.05) is 5.32 Å². The van der Waals surface area contributed by atoms with Gasteiger partial charge in [-0.1, -0.05) is 24.3 Å². The number of halogens is 2. The van der Waals surface area contributed by atoms with Gasteiger partial charge in [0.1, 0.15) is 12.0 Å². The Morgan fingerprint density at radius 1 is 1.39 bits per heavy atom. The highest BCUT2D eigenvalue weighted by atomic mass is 32.1. The minimum absolute atomic E-state index is 0.267. The summed E-state index contributed by atoms with van der Waals surface area (Å²) in [5.41, 5.74) is 3.68. The fourth-order valence-electron chi connectivity index (χ4n) is 3.54. The minimum Gasteiger partial charge on any atom is -0.302 e. The van der Waals surface area contributed by atoms with E-state index in [1.807, 2.05) is 25.1 Å². The number of aromatic amines is 1. The summed E-state index contributed by atoms with van der Waals surface area (Å²) in [4.78, 5) is 16.4. The molecular weight excluding hydrogens is 382 g/mol. The van der Waals surface area contributed by atoms with Crippen LogP contribution in [0, 0.1) is 11.7 Å². The third-order valence-corrected chi connectivity index (χ3v) is 6.04. The number of H-pyrrole nitrogens is 1. The number of aromatic nitrogens is 3. The van der Waals surface area contributed by atoms with Gasteiger partial charge in [0, 0.05) is 5.39 Å². The first kappa shape index (κ1) is 17.2. The lowest BCUT2D eigenvalue weighted by Gasteiger charge is -2.11. The maximum absolute atomic E-state index is 14.6. The number of hydrogen-bond donors (Lipinski definition) is 2. The van der Waals surface area contributed by atoms with E-state index in [0.717, 1.165) is 26.7 Å². The fourth-order valence-corrected chi connectivity index (χ4v) is 4.45. The van der Waals surface area contributed by atoms with Crippen molar-refractivity contribution < 1.29 is 13.6 Å². The molecule has 2 aromatic carbocycles. The molecule has 2 N–H and O–H groups in total. The molecule has 0 bridgehead atoms. The lowest BCUT2D eigenvalue weighted by atomic mass is 9.94. The SMILES string of the molecule is CCc1c(F)cc2[nH]ncc2c1-c1ccc2nc(NC(=O)[C@@H]3C[C@@H]3F)sc2c1. The van der Waals surface area contributed by atoms with Crippen LogP contribution in [-0.2, 0) is 11.2 Å². The molecule has 0 unspecified atom stereocenters. The Morgan fingerprint density at radius 2 is 2.21 bits per heavy atom. The Morgan fingerprint density at radius 3 is 2.96 bits per heavy atom. The molecular formula is C20H16F2N4OS. The zero-order valence-corrected chi connectivity index (χ0v) is 15.7. The molecule has 1 fully saturated rings. The van der Waals surface area contributed by atoms with E-state index < -0.39 is 12.1 Å². The predicted octanol–water partition coefficient (Wildman–Crippen LogP) is 4.84. The van der Waals surface area contributed by atoms with Gasteiger partial charge in [0.05, 0.1) is 27.8 Å². The van der Waals surface area contributed by atoms with Crippen LogP contribution in [-0.4, -0.2) is 27.3 Å². The van der Waals surface area contributed by atoms with Crippen LogP contribution in [0.5, 0.6) is 0 Å². The second-order valence-corrected chi connectivity index (χ2v) is 7.98. The van der Waals surface area contributed by atoms with Crippen LogP contribution in [0.2, 0.25) is 0 Å². The quantitative estimate of drug-likeness (QED) is 0.517. The largest absolute Gasteiger partial charge is 0.302 e. The van der Waals surface area contributed by atoms with E-state index in [9.17, 15) is 13.6 Å². The molecule has 0 aliphatic heterocycles. The molecule has 2 heterocycles. The minimum atomic E-state index is -1.04. The van der Waals surface area contributed by atoms with Crippen molar-refractivity contribution in [3.8, 4) is 11.1 Å². The molecule has 2 atom stereocenters. The van der Waals surface area contributed by atoms with Crippen molar-refractivity contribution in [1.82, 2.24) is 15.2 Å². The van der Waals surface area contributed by atoms with Gasteiger partial charge in [0.2, 0.25) is 5.91 Å². The number of benzene rings is 2. The highest BCUT2D eigenvalue weighted by Gasteiger charge is 2.43. The number of thiazole rings is 1. The Bertz CT molecular complexity index is 1230. The number of anilines is 1. The maximum Gasteiger partial charge on any atom is 0.232 e. The summed E-state index contributed by atoms with van der Waals surface area (Å²) in [6.45, 7) is 1.92. The molecule has 142 valence electrons. The molecule has 1 aliphatic carbocycles. The zero-order chi connectivity index (χ0) is 19.4. The molecule has 5 rings (SSSR count). The van der Waals surface area contributed by atoms with E-state index in [1.54, 1.807) is 6.20 Å². The number of fused-ring (bicyclic) bond motifs is 2. The van der Waals surface area contributed by atoms with Crippen molar-refractivity contribution >= 4 is 43.5 Å². The van der Waals surface area contributed by atoms with Crippen LogP contribution in [0.1, 0.15) is 18.9 Å². The first-order valence-electron chi connectivity index (χ1n) is 9.05. The molecule has 1 aliphatic rings. The van der Waals surface area contributed by atoms with Gasteiger partial charge in [-0.25, -0.2) is 13.8 Å². The topological polar surface area (TPSA) is 70.7 Å². The molecule has 2 aromatic heterocycles. The van der Waals surface area contributed by atoms with Crippen LogP contribution >= 0.6 is 11.3 Å². The molecule has 8 heteroatoms. The fraction of sp³-hybridized carbons (Fsp3) is 0.250. The van der Waals surface area contributed by atoms with Gasteiger partial charge in [-0.15, -0.1) is 0 Å². The van der Waals surface area contributed by atoms with E-state index in [0.29, 0.717) is 22.6 Å². The van der Waals surface area contributed by atoms with Crippen molar-refractivity contribution in [2.24, 2.45) is 5.92 Å². The zero-order valence-electron chi connectivity index (χ0n) is 14.9. The lowest BCUT2D eigenvalue weighted by Crippen LogP contribution is -2.14. The summed E-state index contributed by atoms with van der Waals surface area (Å²) in [6, 6.07) is 7.16. The predicted molar refractivity (Wildman–Crippen MR) is 106 cm³/mol. The summed E-state index contributed by atoms with van der Waals surface area (Å²) in [7, 11) is 0. The third kappa shape index (κ3) is 2.75. The number of alkyl halides is 1. The average molecular weight is 398 g/mol. The second kappa shape index (κ2) is 6.34. The van der Waals surface area contributed by atoms with Crippen LogP contribution in [0.4, 0.5) is 13.9 Å². The van der Waals surface area contributed by atoms with E-state index >= 15 is 0 Å². The number of rotatable bonds is 4. The van der Waals surface area contributed by atoms with Crippen LogP contribution in [0.15, 0.2) is 30.5 Å². The monoisotopic (exact) mass is 398 g/mol. The molecule has 28 heavy (non-hydrogen) atoms. The molecule has 1 saturated carbocycles. The number of hydrogen-bond acceptors (Lipinski definition) is 4. The normalized spacial score (nSPS) is 18.7. The maximum atomic E-state index is 14.6. The molecule has 0 radical (unpaired) electrons. The summed E-state index contributed by atoms with van der Waals surface area (Å²) in [5.74, 6) is -1.15. The highest BCUT2D eigenvalue weighted by molar-refractivity contribution is 7.22. The first-order chi connectivity index (χ1) is 13.5. The van der Waals surface area contributed by atoms with Gasteiger partial charge in [0.15, 0.2) is 5.13 Å². The van der Waals surface area contributed by atoms with Crippen molar-refractivity contribution in [3.63, 3.8) is 0 Å². The highest BCUT2D eigenvalue weighted by Crippen LogP contribution is 2.38. The third-order valence-electron chi connectivity index (χ3n) is 5.11. The standard InChI is InChI=1S/C20H16F2N4OS/c1-2-10-14(22)7-16-12(8-23-26-16)18(10)9-3-4-15-17(5-9)28-20(24-15)25-19(27)11-6-13(11)21/h3-5,7-8,11,13H,2,6H2,1H3,(H,23,26)(H,24,25,27)/t11-,13+/m1/s1. The number of nitrogens with zero attached hydrogens (tertiary/aromatic N) is 2. The van der Waals surface area contributed by atoms with Gasteiger partial charge in [0.25, 0.3) is 0 Å². The summed E-state index contributed by atoms with van der Waals surface area (Å²) in [5, 5.41) is 10.9. The second-order valence-electron chi connectivity index (χ2n) is 6.95. The summed E-state index contributed by atoms with van der Waals surface area (Å²) >= 11 is 1.32. The Kier molecular flexibility index (Phi) is 3.90. The van der Waals surface area contributed by atoms with Crippen molar-refractivity contribution in [3.05, 3.63) is 41.8 Å². The molecule has 1 amide bonds. The summed E-state index contributed by atoms with van der Waals surface area (Å²) < 4.78 is 28.5. The molecule has 0 spiro atoms. The van der Waals surface area contributed by atoms with Gasteiger partial charge < -0.3 is 5.32 Å². The number of carbonyl (C=O) groups excluding carboxylic acids is 1. The number of carbonyl (C=O) groups is 1. The van der Waals surface area contributed by atoms with E-state index in [4.69, 9.17) is 0 Å². The van der Waals surface area contributed by atoms with Crippen LogP contribution in [0.3, 0.4) is 0 Å². The van der Waals surface area contributed by atoms with Gasteiger partial charge in [-0.2, -0.15) is 5.10 Å². The molecule has 0 saturated heterocycles. The number of nitrogens with one attached hydrogen (secondary N) is 2. The van der Waals surface area contributed by atoms with Gasteiger partial charge in [-0.05, 0) is 47.7 Å². The van der Waals surface area contributed by atoms with Gasteiger partial charge in [-0.3, -0.25) is 9.89 Å². The molecule has 4 aromatic rings. The molecule has 5 nitrogen and oxygen atoms in total. The lowest BCUT2D eigenvalue weighted by molar-refractivity contribution is -0.117. The van der Waals surface area contributed by atoms with Crippen molar-refractivity contribution in [1.29, 1.82) is 0 Å². The Hall–Kier alpha value is -2.87. The van der Waals surface area contributed by atoms with E-state index in [2.05, 4.69) is 20.5 Å². The number of amides is 1. The van der Waals surface area contributed by atoms with Crippen molar-refractivity contribution in [2.45, 2.75) is 25.9 Å². The summed E-state index contributed by atoms with van der Waals surface area (Å²) in [6.07, 6.45) is 1.49. The Labute approximate surface area is 162 Å². The van der Waals surface area contributed by atoms with E-state index in [-0.39, 0.29) is 18.1 Å².